The summed E-state index contributed by atoms with van der Waals surface area (Å²) in [6.45, 7) is 0.851. The fraction of sp³-hybridized carbons (Fsp3) is 0.333. The summed E-state index contributed by atoms with van der Waals surface area (Å²) < 4.78 is 12.9. The van der Waals surface area contributed by atoms with Crippen LogP contribution in [0, 0.1) is 5.82 Å². The Bertz CT molecular complexity index is 637. The van der Waals surface area contributed by atoms with Crippen molar-refractivity contribution in [1.29, 1.82) is 0 Å². The van der Waals surface area contributed by atoms with E-state index in [-0.39, 0.29) is 24.3 Å². The van der Waals surface area contributed by atoms with Gasteiger partial charge in [-0.25, -0.2) is 14.8 Å². The zero-order valence-electron chi connectivity index (χ0n) is 11.9. The molecule has 1 atom stereocenters. The molecule has 1 fully saturated rings. The predicted molar refractivity (Wildman–Crippen MR) is 82.7 cm³/mol. The highest BCUT2D eigenvalue weighted by Crippen LogP contribution is 2.15. The van der Waals surface area contributed by atoms with Gasteiger partial charge < -0.3 is 5.32 Å². The van der Waals surface area contributed by atoms with E-state index < -0.39 is 0 Å². The van der Waals surface area contributed by atoms with Gasteiger partial charge in [-0.2, -0.15) is 0 Å². The first-order chi connectivity index (χ1) is 10.7. The lowest BCUT2D eigenvalue weighted by Crippen LogP contribution is -2.44. The molecular weight excluding hydrogens is 303 g/mol. The highest BCUT2D eigenvalue weighted by molar-refractivity contribution is 7.09. The van der Waals surface area contributed by atoms with Crippen LogP contribution in [0.1, 0.15) is 22.7 Å². The molecule has 2 aromatic rings. The number of carbonyl (C=O) groups is 1. The molecule has 0 aliphatic carbocycles. The van der Waals surface area contributed by atoms with Crippen molar-refractivity contribution in [3.63, 3.8) is 0 Å². The summed E-state index contributed by atoms with van der Waals surface area (Å²) in [5.41, 5.74) is 7.73. The lowest BCUT2D eigenvalue weighted by molar-refractivity contribution is -0.121. The van der Waals surface area contributed by atoms with E-state index in [0.29, 0.717) is 6.42 Å². The monoisotopic (exact) mass is 320 g/mol. The van der Waals surface area contributed by atoms with E-state index >= 15 is 0 Å². The number of carbonyl (C=O) groups excluding carboxylic acids is 1. The molecule has 1 amide bonds. The zero-order valence-corrected chi connectivity index (χ0v) is 12.8. The van der Waals surface area contributed by atoms with E-state index in [4.69, 9.17) is 0 Å². The van der Waals surface area contributed by atoms with Crippen molar-refractivity contribution in [3.05, 3.63) is 51.7 Å². The summed E-state index contributed by atoms with van der Waals surface area (Å²) in [6, 6.07) is 6.39. The van der Waals surface area contributed by atoms with Gasteiger partial charge in [0, 0.05) is 18.3 Å². The standard InChI is InChI=1S/C15H17FN4OS/c16-11-3-1-10(2-4-11)7-15-18-12(9-22-15)8-14(21)19-13-5-6-17-20-13/h1-4,9,13,17,20H,5-8H2,(H,19,21). The molecule has 3 rings (SSSR count). The van der Waals surface area contributed by atoms with E-state index in [9.17, 15) is 9.18 Å². The van der Waals surface area contributed by atoms with Crippen LogP contribution < -0.4 is 16.2 Å². The van der Waals surface area contributed by atoms with Crippen LogP contribution in [-0.4, -0.2) is 23.6 Å². The van der Waals surface area contributed by atoms with Crippen molar-refractivity contribution in [2.45, 2.75) is 25.4 Å². The van der Waals surface area contributed by atoms with E-state index in [1.165, 1.54) is 23.5 Å². The number of hydrogen-bond acceptors (Lipinski definition) is 5. The maximum absolute atomic E-state index is 12.9. The van der Waals surface area contributed by atoms with Crippen LogP contribution in [0.25, 0.3) is 0 Å². The Morgan fingerprint density at radius 2 is 2.23 bits per heavy atom. The van der Waals surface area contributed by atoms with Gasteiger partial charge in [-0.1, -0.05) is 12.1 Å². The molecule has 1 aromatic carbocycles. The Morgan fingerprint density at radius 1 is 1.41 bits per heavy atom. The molecule has 0 spiro atoms. The Kier molecular flexibility index (Phi) is 4.77. The third-order valence-electron chi connectivity index (χ3n) is 3.38. The number of nitrogens with one attached hydrogen (secondary N) is 3. The van der Waals surface area contributed by atoms with Gasteiger partial charge in [-0.05, 0) is 24.1 Å². The molecule has 0 saturated carbocycles. The fourth-order valence-corrected chi connectivity index (χ4v) is 3.12. The molecule has 0 radical (unpaired) electrons. The molecule has 7 heteroatoms. The number of rotatable bonds is 5. The molecule has 1 aliphatic heterocycles. The van der Waals surface area contributed by atoms with Crippen LogP contribution in [0.5, 0.6) is 0 Å². The average molecular weight is 320 g/mol. The molecule has 1 saturated heterocycles. The van der Waals surface area contributed by atoms with E-state index in [0.717, 1.165) is 29.2 Å². The molecule has 22 heavy (non-hydrogen) atoms. The summed E-state index contributed by atoms with van der Waals surface area (Å²) in [6.07, 6.45) is 1.79. The van der Waals surface area contributed by atoms with Gasteiger partial charge in [-0.15, -0.1) is 11.3 Å². The smallest absolute Gasteiger partial charge is 0.227 e. The zero-order chi connectivity index (χ0) is 15.4. The van der Waals surface area contributed by atoms with E-state index in [1.54, 1.807) is 12.1 Å². The second-order valence-corrected chi connectivity index (χ2v) is 6.14. The van der Waals surface area contributed by atoms with Gasteiger partial charge in [0.15, 0.2) is 0 Å². The summed E-state index contributed by atoms with van der Waals surface area (Å²) in [5.74, 6) is -0.282. The first-order valence-electron chi connectivity index (χ1n) is 7.14. The number of hydrazine groups is 1. The van der Waals surface area contributed by atoms with Crippen LogP contribution >= 0.6 is 11.3 Å². The largest absolute Gasteiger partial charge is 0.339 e. The summed E-state index contributed by atoms with van der Waals surface area (Å²) in [7, 11) is 0. The molecule has 116 valence electrons. The average Bonchev–Trinajstić information content (AvgIpc) is 3.14. The number of halogens is 1. The van der Waals surface area contributed by atoms with Crippen LogP contribution in [0.3, 0.4) is 0 Å². The van der Waals surface area contributed by atoms with Gasteiger partial charge >= 0.3 is 0 Å². The second-order valence-electron chi connectivity index (χ2n) is 5.19. The van der Waals surface area contributed by atoms with Crippen LogP contribution in [0.2, 0.25) is 0 Å². The normalized spacial score (nSPS) is 17.6. The molecule has 1 unspecified atom stereocenters. The number of hydrogen-bond donors (Lipinski definition) is 3. The topological polar surface area (TPSA) is 66.0 Å². The van der Waals surface area contributed by atoms with E-state index in [1.807, 2.05) is 5.38 Å². The second kappa shape index (κ2) is 6.95. The van der Waals surface area contributed by atoms with Crippen LogP contribution in [0.4, 0.5) is 4.39 Å². The Labute approximate surface area is 131 Å². The highest BCUT2D eigenvalue weighted by Gasteiger charge is 2.16. The van der Waals surface area contributed by atoms with Crippen molar-refractivity contribution in [1.82, 2.24) is 21.2 Å². The number of aromatic nitrogens is 1. The Hall–Kier alpha value is -1.83. The lowest BCUT2D eigenvalue weighted by Gasteiger charge is -2.10. The van der Waals surface area contributed by atoms with Crippen molar-refractivity contribution < 1.29 is 9.18 Å². The molecular formula is C15H17FN4OS. The first-order valence-corrected chi connectivity index (χ1v) is 8.02. The van der Waals surface area contributed by atoms with E-state index in [2.05, 4.69) is 21.2 Å². The van der Waals surface area contributed by atoms with Gasteiger partial charge in [0.2, 0.25) is 5.91 Å². The minimum atomic E-state index is -0.240. The summed E-state index contributed by atoms with van der Waals surface area (Å²) >= 11 is 1.52. The molecule has 1 aromatic heterocycles. The molecule has 0 bridgehead atoms. The summed E-state index contributed by atoms with van der Waals surface area (Å²) in [4.78, 5) is 16.4. The molecule has 5 nitrogen and oxygen atoms in total. The Balaban J connectivity index is 1.54. The fourth-order valence-electron chi connectivity index (χ4n) is 2.29. The number of nitrogens with zero attached hydrogens (tertiary/aromatic N) is 1. The molecule has 1 aliphatic rings. The summed E-state index contributed by atoms with van der Waals surface area (Å²) in [5, 5.41) is 5.73. The number of thiazole rings is 1. The molecule has 3 N–H and O–H groups in total. The van der Waals surface area contributed by atoms with Gasteiger partial charge in [-0.3, -0.25) is 10.2 Å². The number of benzene rings is 1. The third kappa shape index (κ3) is 4.09. The lowest BCUT2D eigenvalue weighted by atomic mass is 10.1. The Morgan fingerprint density at radius 3 is 2.95 bits per heavy atom. The van der Waals surface area contributed by atoms with Crippen molar-refractivity contribution in [2.24, 2.45) is 0 Å². The predicted octanol–water partition coefficient (Wildman–Crippen LogP) is 1.36. The van der Waals surface area contributed by atoms with Crippen molar-refractivity contribution in [3.8, 4) is 0 Å². The van der Waals surface area contributed by atoms with Crippen molar-refractivity contribution >= 4 is 17.2 Å². The first kappa shape index (κ1) is 15.1. The van der Waals surface area contributed by atoms with Gasteiger partial charge in [0.1, 0.15) is 5.82 Å². The minimum Gasteiger partial charge on any atom is -0.339 e. The van der Waals surface area contributed by atoms with Crippen LogP contribution in [0.15, 0.2) is 29.6 Å². The van der Waals surface area contributed by atoms with Crippen molar-refractivity contribution in [2.75, 3.05) is 6.54 Å². The van der Waals surface area contributed by atoms with Gasteiger partial charge in [0.05, 0.1) is 23.3 Å². The highest BCUT2D eigenvalue weighted by atomic mass is 32.1. The van der Waals surface area contributed by atoms with Gasteiger partial charge in [0.25, 0.3) is 0 Å². The third-order valence-corrected chi connectivity index (χ3v) is 4.28. The minimum absolute atomic E-state index is 0.00942. The maximum Gasteiger partial charge on any atom is 0.227 e. The maximum atomic E-state index is 12.9. The SMILES string of the molecule is O=C(Cc1csc(Cc2ccc(F)cc2)n1)NC1CCNN1. The quantitative estimate of drug-likeness (QED) is 0.778. The number of amides is 1. The van der Waals surface area contributed by atoms with Crippen LogP contribution in [-0.2, 0) is 17.6 Å². The molecule has 2 heterocycles.